The van der Waals surface area contributed by atoms with E-state index in [1.165, 1.54) is 35.2 Å². The van der Waals surface area contributed by atoms with Crippen molar-refractivity contribution in [3.63, 3.8) is 0 Å². The molecule has 0 unspecified atom stereocenters. The van der Waals surface area contributed by atoms with Gasteiger partial charge in [-0.15, -0.1) is 5.10 Å². The molecule has 0 fully saturated rings. The fourth-order valence-electron chi connectivity index (χ4n) is 1.74. The standard InChI is InChI=1S/C14H8ClN3O3S3/c15-9-1-3-10(4-2-9)17-14(22)24-13(16-17)23-8-7-11-5-6-12(21-11)18(19)20/h1-8H/b8-7+. The normalized spacial score (nSPS) is 11.2. The summed E-state index contributed by atoms with van der Waals surface area (Å²) in [7, 11) is 0. The molecule has 6 nitrogen and oxygen atoms in total. The summed E-state index contributed by atoms with van der Waals surface area (Å²) in [6, 6.07) is 10.1. The van der Waals surface area contributed by atoms with Crippen molar-refractivity contribution in [2.45, 2.75) is 4.34 Å². The van der Waals surface area contributed by atoms with Crippen molar-refractivity contribution in [2.24, 2.45) is 0 Å². The van der Waals surface area contributed by atoms with Crippen LogP contribution in [0.4, 0.5) is 5.88 Å². The smallest absolute Gasteiger partial charge is 0.401 e. The van der Waals surface area contributed by atoms with Gasteiger partial charge in [0.1, 0.15) is 10.7 Å². The first-order chi connectivity index (χ1) is 11.5. The summed E-state index contributed by atoms with van der Waals surface area (Å²) < 4.78 is 8.05. The average Bonchev–Trinajstić information content (AvgIpc) is 3.15. The highest BCUT2D eigenvalue weighted by molar-refractivity contribution is 8.03. The van der Waals surface area contributed by atoms with Crippen molar-refractivity contribution in [1.29, 1.82) is 0 Å². The third-order valence-corrected chi connectivity index (χ3v) is 5.17. The molecule has 0 bridgehead atoms. The number of aromatic nitrogens is 2. The first-order valence-corrected chi connectivity index (χ1v) is 8.95. The van der Waals surface area contributed by atoms with Gasteiger partial charge >= 0.3 is 5.88 Å². The van der Waals surface area contributed by atoms with Gasteiger partial charge < -0.3 is 4.42 Å². The van der Waals surface area contributed by atoms with Gasteiger partial charge in [0, 0.05) is 5.02 Å². The van der Waals surface area contributed by atoms with E-state index in [1.807, 2.05) is 12.1 Å². The lowest BCUT2D eigenvalue weighted by Crippen LogP contribution is -1.95. The second kappa shape index (κ2) is 7.31. The topological polar surface area (TPSA) is 74.1 Å². The van der Waals surface area contributed by atoms with Crippen molar-refractivity contribution < 1.29 is 9.34 Å². The predicted molar refractivity (Wildman–Crippen MR) is 97.5 cm³/mol. The predicted octanol–water partition coefficient (Wildman–Crippen LogP) is 5.58. The Bertz CT molecular complexity index is 960. The van der Waals surface area contributed by atoms with E-state index in [9.17, 15) is 10.1 Å². The molecule has 1 aromatic carbocycles. The van der Waals surface area contributed by atoms with Crippen molar-refractivity contribution in [3.05, 3.63) is 66.7 Å². The Morgan fingerprint density at radius 1 is 1.33 bits per heavy atom. The van der Waals surface area contributed by atoms with Crippen LogP contribution in [0.3, 0.4) is 0 Å². The van der Waals surface area contributed by atoms with Crippen LogP contribution in [0.5, 0.6) is 0 Å². The second-order valence-electron chi connectivity index (χ2n) is 4.38. The van der Waals surface area contributed by atoms with E-state index < -0.39 is 4.92 Å². The molecule has 24 heavy (non-hydrogen) atoms. The molecular formula is C14H8ClN3O3S3. The molecule has 0 aliphatic carbocycles. The van der Waals surface area contributed by atoms with Gasteiger partial charge in [0.2, 0.25) is 0 Å². The Balaban J connectivity index is 1.73. The maximum atomic E-state index is 10.6. The summed E-state index contributed by atoms with van der Waals surface area (Å²) in [6.07, 6.45) is 1.63. The van der Waals surface area contributed by atoms with Gasteiger partial charge in [-0.1, -0.05) is 34.7 Å². The number of hydrogen-bond donors (Lipinski definition) is 0. The van der Waals surface area contributed by atoms with Crippen molar-refractivity contribution in [3.8, 4) is 5.69 Å². The van der Waals surface area contributed by atoms with Crippen LogP contribution in [-0.2, 0) is 0 Å². The van der Waals surface area contributed by atoms with E-state index in [-0.39, 0.29) is 5.88 Å². The van der Waals surface area contributed by atoms with E-state index in [0.29, 0.717) is 14.7 Å². The zero-order valence-corrected chi connectivity index (χ0v) is 15.0. The van der Waals surface area contributed by atoms with Crippen LogP contribution in [0, 0.1) is 14.1 Å². The minimum Gasteiger partial charge on any atom is -0.401 e. The molecule has 0 N–H and O–H groups in total. The van der Waals surface area contributed by atoms with E-state index in [0.717, 1.165) is 10.0 Å². The molecule has 0 saturated carbocycles. The van der Waals surface area contributed by atoms with Crippen LogP contribution >= 0.6 is 46.9 Å². The number of nitrogens with zero attached hydrogens (tertiary/aromatic N) is 3. The first kappa shape index (κ1) is 16.9. The molecule has 122 valence electrons. The fourth-order valence-corrected chi connectivity index (χ4v) is 3.96. The summed E-state index contributed by atoms with van der Waals surface area (Å²) in [5, 5.41) is 17.4. The molecule has 0 aliphatic heterocycles. The van der Waals surface area contributed by atoms with E-state index in [4.69, 9.17) is 28.2 Å². The number of halogens is 1. The zero-order chi connectivity index (χ0) is 17.1. The molecule has 3 rings (SSSR count). The SMILES string of the molecule is O=[N+]([O-])c1ccc(/C=C/Sc2nn(-c3ccc(Cl)cc3)c(=S)s2)o1. The Labute approximate surface area is 154 Å². The number of furan rings is 1. The molecule has 0 aliphatic rings. The summed E-state index contributed by atoms with van der Waals surface area (Å²) in [5.41, 5.74) is 0.832. The number of rotatable bonds is 5. The van der Waals surface area contributed by atoms with Gasteiger partial charge in [-0.25, -0.2) is 4.68 Å². The van der Waals surface area contributed by atoms with Gasteiger partial charge in [0.25, 0.3) is 0 Å². The molecule has 2 heterocycles. The van der Waals surface area contributed by atoms with Crippen LogP contribution in [0.15, 0.2) is 50.6 Å². The average molecular weight is 398 g/mol. The van der Waals surface area contributed by atoms with Gasteiger partial charge in [0.15, 0.2) is 8.29 Å². The van der Waals surface area contributed by atoms with Crippen molar-refractivity contribution in [2.75, 3.05) is 0 Å². The van der Waals surface area contributed by atoms with Gasteiger partial charge in [-0.05, 0) is 54.0 Å². The van der Waals surface area contributed by atoms with E-state index in [1.54, 1.807) is 28.3 Å². The van der Waals surface area contributed by atoms with E-state index in [2.05, 4.69) is 5.10 Å². The number of hydrogen-bond acceptors (Lipinski definition) is 7. The summed E-state index contributed by atoms with van der Waals surface area (Å²) in [4.78, 5) is 9.98. The third kappa shape index (κ3) is 3.93. The van der Waals surface area contributed by atoms with Gasteiger partial charge in [-0.2, -0.15) is 0 Å². The highest BCUT2D eigenvalue weighted by Crippen LogP contribution is 2.26. The molecule has 0 amide bonds. The maximum absolute atomic E-state index is 10.6. The Hall–Kier alpha value is -1.94. The largest absolute Gasteiger partial charge is 0.433 e. The molecule has 2 aromatic heterocycles. The van der Waals surface area contributed by atoms with Crippen LogP contribution < -0.4 is 0 Å². The molecule has 0 spiro atoms. The number of nitro groups is 1. The third-order valence-electron chi connectivity index (χ3n) is 2.79. The van der Waals surface area contributed by atoms with Crippen molar-refractivity contribution in [1.82, 2.24) is 9.78 Å². The summed E-state index contributed by atoms with van der Waals surface area (Å²) in [5.74, 6) is 0.109. The lowest BCUT2D eigenvalue weighted by molar-refractivity contribution is -0.402. The van der Waals surface area contributed by atoms with Crippen LogP contribution in [0.1, 0.15) is 5.76 Å². The fraction of sp³-hybridized carbons (Fsp3) is 0. The summed E-state index contributed by atoms with van der Waals surface area (Å²) in [6.45, 7) is 0. The number of benzene rings is 1. The van der Waals surface area contributed by atoms with Crippen LogP contribution in [0.2, 0.25) is 5.02 Å². The van der Waals surface area contributed by atoms with E-state index >= 15 is 0 Å². The Kier molecular flexibility index (Phi) is 5.14. The molecule has 0 radical (unpaired) electrons. The Morgan fingerprint density at radius 2 is 2.08 bits per heavy atom. The lowest BCUT2D eigenvalue weighted by atomic mass is 10.3. The van der Waals surface area contributed by atoms with Crippen LogP contribution in [-0.4, -0.2) is 14.7 Å². The summed E-state index contributed by atoms with van der Waals surface area (Å²) >= 11 is 13.9. The molecule has 0 atom stereocenters. The first-order valence-electron chi connectivity index (χ1n) is 6.46. The quantitative estimate of drug-likeness (QED) is 0.242. The second-order valence-corrected chi connectivity index (χ2v) is 7.59. The highest BCUT2D eigenvalue weighted by Gasteiger charge is 2.10. The monoisotopic (exact) mass is 397 g/mol. The molecule has 10 heteroatoms. The van der Waals surface area contributed by atoms with Crippen molar-refractivity contribution >= 4 is 58.9 Å². The minimum atomic E-state index is -0.580. The van der Waals surface area contributed by atoms with Gasteiger partial charge in [0.05, 0.1) is 11.8 Å². The number of thioether (sulfide) groups is 1. The minimum absolute atomic E-state index is 0.290. The Morgan fingerprint density at radius 3 is 2.75 bits per heavy atom. The maximum Gasteiger partial charge on any atom is 0.433 e. The molecule has 0 saturated heterocycles. The highest BCUT2D eigenvalue weighted by atomic mass is 35.5. The zero-order valence-electron chi connectivity index (χ0n) is 11.8. The molecular weight excluding hydrogens is 390 g/mol. The van der Waals surface area contributed by atoms with Crippen LogP contribution in [0.25, 0.3) is 11.8 Å². The lowest BCUT2D eigenvalue weighted by Gasteiger charge is -1.99. The van der Waals surface area contributed by atoms with Gasteiger partial charge in [-0.3, -0.25) is 10.1 Å². The molecule has 3 aromatic rings.